The molecule has 4 aromatic rings. The van der Waals surface area contributed by atoms with Crippen LogP contribution in [0.3, 0.4) is 0 Å². The highest BCUT2D eigenvalue weighted by Gasteiger charge is 2.46. The van der Waals surface area contributed by atoms with Gasteiger partial charge in [0.1, 0.15) is 11.6 Å². The summed E-state index contributed by atoms with van der Waals surface area (Å²) in [7, 11) is -1.83. The van der Waals surface area contributed by atoms with Gasteiger partial charge >= 0.3 is 0 Å². The third kappa shape index (κ3) is 5.89. The van der Waals surface area contributed by atoms with Crippen molar-refractivity contribution in [1.29, 1.82) is 0 Å². The number of sulfonamides is 1. The lowest BCUT2D eigenvalue weighted by atomic mass is 9.78. The quantitative estimate of drug-likeness (QED) is 0.283. The minimum atomic E-state index is -3.45. The summed E-state index contributed by atoms with van der Waals surface area (Å²) in [6.07, 6.45) is 11.7. The summed E-state index contributed by atoms with van der Waals surface area (Å²) in [5.74, 6) is 2.46. The van der Waals surface area contributed by atoms with E-state index in [1.807, 2.05) is 54.9 Å². The van der Waals surface area contributed by atoms with Gasteiger partial charge in [0.15, 0.2) is 5.82 Å². The van der Waals surface area contributed by atoms with Crippen LogP contribution in [0.2, 0.25) is 0 Å². The van der Waals surface area contributed by atoms with Crippen LogP contribution in [0.4, 0.5) is 0 Å². The van der Waals surface area contributed by atoms with Gasteiger partial charge in [-0.2, -0.15) is 4.31 Å². The smallest absolute Gasteiger partial charge is 0.211 e. The van der Waals surface area contributed by atoms with Gasteiger partial charge in [-0.25, -0.2) is 23.4 Å². The van der Waals surface area contributed by atoms with Gasteiger partial charge < -0.3 is 9.30 Å². The normalized spacial score (nSPS) is 19.4. The fourth-order valence-electron chi connectivity index (χ4n) is 5.90. The van der Waals surface area contributed by atoms with Crippen molar-refractivity contribution in [3.8, 4) is 17.1 Å². The molecule has 39 heavy (non-hydrogen) atoms. The Morgan fingerprint density at radius 3 is 2.49 bits per heavy atom. The van der Waals surface area contributed by atoms with Crippen LogP contribution in [0.15, 0.2) is 79.4 Å². The van der Waals surface area contributed by atoms with Crippen molar-refractivity contribution in [1.82, 2.24) is 23.8 Å². The standard InChI is InChI=1S/C30H35N5O3S/c1-4-34-18-17-33-29(34)30(20-24-7-5-8-25(19-24)28-31-15-6-16-32-28)14-13-26(21-30)35(39(3,36)37)22-23-9-11-27(38-2)12-10-23/h5-12,15-19,26H,4,13-14,20-22H2,1-3H3/t26-,30+/m0/s1. The molecule has 9 heteroatoms. The number of hydrogen-bond donors (Lipinski definition) is 0. The van der Waals surface area contributed by atoms with Crippen LogP contribution in [0.25, 0.3) is 11.4 Å². The number of nitrogens with zero attached hydrogens (tertiary/aromatic N) is 5. The summed E-state index contributed by atoms with van der Waals surface area (Å²) in [5.41, 5.74) is 2.76. The highest BCUT2D eigenvalue weighted by Crippen LogP contribution is 2.46. The van der Waals surface area contributed by atoms with Gasteiger partial charge in [-0.1, -0.05) is 30.3 Å². The second-order valence-corrected chi connectivity index (χ2v) is 12.3. The lowest BCUT2D eigenvalue weighted by Gasteiger charge is -2.32. The molecule has 0 radical (unpaired) electrons. The molecule has 0 unspecified atom stereocenters. The Hall–Kier alpha value is -3.56. The van der Waals surface area contributed by atoms with Crippen LogP contribution in [0.1, 0.15) is 43.1 Å². The van der Waals surface area contributed by atoms with Crippen LogP contribution in [-0.4, -0.2) is 51.6 Å². The molecule has 1 aliphatic rings. The summed E-state index contributed by atoms with van der Waals surface area (Å²) in [6.45, 7) is 3.25. The zero-order chi connectivity index (χ0) is 27.5. The van der Waals surface area contributed by atoms with Gasteiger partial charge in [0.25, 0.3) is 0 Å². The number of rotatable bonds is 10. The molecule has 1 fully saturated rings. The van der Waals surface area contributed by atoms with Crippen LogP contribution in [-0.2, 0) is 34.9 Å². The molecule has 0 saturated heterocycles. The molecule has 0 aliphatic heterocycles. The second kappa shape index (κ2) is 11.3. The summed E-state index contributed by atoms with van der Waals surface area (Å²) < 4.78 is 35.3. The zero-order valence-electron chi connectivity index (χ0n) is 22.7. The first kappa shape index (κ1) is 27.0. The van der Waals surface area contributed by atoms with Crippen LogP contribution >= 0.6 is 0 Å². The largest absolute Gasteiger partial charge is 0.497 e. The Morgan fingerprint density at radius 2 is 1.79 bits per heavy atom. The molecule has 0 amide bonds. The summed E-state index contributed by atoms with van der Waals surface area (Å²) in [5, 5.41) is 0. The number of benzene rings is 2. The van der Waals surface area contributed by atoms with E-state index in [9.17, 15) is 8.42 Å². The number of imidazole rings is 1. The monoisotopic (exact) mass is 545 g/mol. The lowest BCUT2D eigenvalue weighted by molar-refractivity contribution is 0.294. The predicted octanol–water partition coefficient (Wildman–Crippen LogP) is 4.86. The van der Waals surface area contributed by atoms with Crippen LogP contribution < -0.4 is 4.74 Å². The molecule has 2 aromatic heterocycles. The third-order valence-corrected chi connectivity index (χ3v) is 9.02. The van der Waals surface area contributed by atoms with Crippen molar-refractivity contribution in [3.63, 3.8) is 0 Å². The fraction of sp³-hybridized carbons (Fsp3) is 0.367. The molecular weight excluding hydrogens is 510 g/mol. The maximum Gasteiger partial charge on any atom is 0.211 e. The van der Waals surface area contributed by atoms with Gasteiger partial charge in [0, 0.05) is 54.9 Å². The topological polar surface area (TPSA) is 90.2 Å². The van der Waals surface area contributed by atoms with E-state index in [0.717, 1.165) is 54.1 Å². The average Bonchev–Trinajstić information content (AvgIpc) is 3.60. The predicted molar refractivity (Wildman–Crippen MR) is 152 cm³/mol. The first-order valence-corrected chi connectivity index (χ1v) is 15.1. The molecule has 0 bridgehead atoms. The van der Waals surface area contributed by atoms with E-state index in [1.54, 1.807) is 23.8 Å². The second-order valence-electron chi connectivity index (χ2n) is 10.3. The maximum absolute atomic E-state index is 13.1. The molecule has 0 spiro atoms. The van der Waals surface area contributed by atoms with Crippen molar-refractivity contribution >= 4 is 10.0 Å². The number of aryl methyl sites for hydroxylation is 1. The van der Waals surface area contributed by atoms with E-state index in [0.29, 0.717) is 18.8 Å². The molecule has 1 saturated carbocycles. The summed E-state index contributed by atoms with van der Waals surface area (Å²) >= 11 is 0. The SMILES string of the molecule is CCn1ccnc1[C@@]1(Cc2cccc(-c3ncccn3)c2)CC[C@H](N(Cc2ccc(OC)cc2)S(C)(=O)=O)C1. The Kier molecular flexibility index (Phi) is 7.81. The highest BCUT2D eigenvalue weighted by atomic mass is 32.2. The zero-order valence-corrected chi connectivity index (χ0v) is 23.5. The molecular formula is C30H35N5O3S. The highest BCUT2D eigenvalue weighted by molar-refractivity contribution is 7.88. The average molecular weight is 546 g/mol. The van der Waals surface area contributed by atoms with E-state index in [2.05, 4.69) is 33.6 Å². The molecule has 2 atom stereocenters. The Morgan fingerprint density at radius 1 is 1.03 bits per heavy atom. The lowest BCUT2D eigenvalue weighted by Crippen LogP contribution is -2.40. The van der Waals surface area contributed by atoms with Crippen molar-refractivity contribution in [2.24, 2.45) is 0 Å². The van der Waals surface area contributed by atoms with E-state index >= 15 is 0 Å². The van der Waals surface area contributed by atoms with Crippen molar-refractivity contribution < 1.29 is 13.2 Å². The minimum Gasteiger partial charge on any atom is -0.497 e. The molecule has 2 aromatic carbocycles. The molecule has 0 N–H and O–H groups in total. The van der Waals surface area contributed by atoms with Gasteiger partial charge in [-0.05, 0) is 68.0 Å². The molecule has 1 aliphatic carbocycles. The summed E-state index contributed by atoms with van der Waals surface area (Å²) in [6, 6.07) is 17.6. The Balaban J connectivity index is 1.48. The number of methoxy groups -OCH3 is 1. The van der Waals surface area contributed by atoms with Crippen molar-refractivity contribution in [2.75, 3.05) is 13.4 Å². The van der Waals surface area contributed by atoms with Crippen LogP contribution in [0.5, 0.6) is 5.75 Å². The van der Waals surface area contributed by atoms with Crippen molar-refractivity contribution in [3.05, 3.63) is 96.3 Å². The van der Waals surface area contributed by atoms with E-state index in [-0.39, 0.29) is 11.5 Å². The van der Waals surface area contributed by atoms with E-state index < -0.39 is 10.0 Å². The number of aromatic nitrogens is 4. The number of hydrogen-bond acceptors (Lipinski definition) is 6. The first-order chi connectivity index (χ1) is 18.8. The molecule has 2 heterocycles. The minimum absolute atomic E-state index is 0.134. The fourth-order valence-corrected chi connectivity index (χ4v) is 7.00. The molecule has 8 nitrogen and oxygen atoms in total. The Labute approximate surface area is 230 Å². The molecule has 5 rings (SSSR count). The van der Waals surface area contributed by atoms with Gasteiger partial charge in [-0.3, -0.25) is 0 Å². The van der Waals surface area contributed by atoms with Gasteiger partial charge in [0.2, 0.25) is 10.0 Å². The number of ether oxygens (including phenoxy) is 1. The maximum atomic E-state index is 13.1. The summed E-state index contributed by atoms with van der Waals surface area (Å²) in [4.78, 5) is 13.7. The van der Waals surface area contributed by atoms with Gasteiger partial charge in [-0.15, -0.1) is 0 Å². The molecule has 204 valence electrons. The van der Waals surface area contributed by atoms with Crippen LogP contribution in [0, 0.1) is 0 Å². The Bertz CT molecular complexity index is 1510. The van der Waals surface area contributed by atoms with E-state index in [4.69, 9.17) is 9.72 Å². The van der Waals surface area contributed by atoms with E-state index in [1.165, 1.54) is 6.26 Å². The van der Waals surface area contributed by atoms with Gasteiger partial charge in [0.05, 0.1) is 13.4 Å². The first-order valence-electron chi connectivity index (χ1n) is 13.3. The third-order valence-electron chi connectivity index (χ3n) is 7.74. The van der Waals surface area contributed by atoms with Crippen molar-refractivity contribution in [2.45, 2.75) is 57.2 Å².